The molecule has 2 amide bonds. The number of hydrogen-bond acceptors (Lipinski definition) is 5. The van der Waals surface area contributed by atoms with Crippen molar-refractivity contribution in [3.63, 3.8) is 0 Å². The highest BCUT2D eigenvalue weighted by Crippen LogP contribution is 2.30. The van der Waals surface area contributed by atoms with Crippen molar-refractivity contribution in [2.45, 2.75) is 18.9 Å². The lowest BCUT2D eigenvalue weighted by molar-refractivity contribution is -0.124. The minimum Gasteiger partial charge on any atom is -0.493 e. The lowest BCUT2D eigenvalue weighted by atomic mass is 10.1. The quantitative estimate of drug-likeness (QED) is 0.433. The summed E-state index contributed by atoms with van der Waals surface area (Å²) in [6.45, 7) is 0.415. The van der Waals surface area contributed by atoms with Crippen molar-refractivity contribution in [1.82, 2.24) is 4.90 Å². The fraction of sp³-hybridized carbons (Fsp3) is 0.222. The molecule has 1 aliphatic heterocycles. The van der Waals surface area contributed by atoms with Crippen LogP contribution in [-0.2, 0) is 16.0 Å². The molecule has 1 atom stereocenters. The highest BCUT2D eigenvalue weighted by Gasteiger charge is 2.43. The number of carbonyl (C=O) groups excluding carboxylic acids is 2. The van der Waals surface area contributed by atoms with Crippen LogP contribution in [0.15, 0.2) is 72.8 Å². The van der Waals surface area contributed by atoms with Crippen LogP contribution in [0.2, 0.25) is 0 Å². The van der Waals surface area contributed by atoms with Crippen LogP contribution < -0.4 is 19.7 Å². The van der Waals surface area contributed by atoms with Crippen molar-refractivity contribution < 1.29 is 23.5 Å². The molecule has 1 fully saturated rings. The lowest BCUT2D eigenvalue weighted by Gasteiger charge is -2.24. The first-order valence-electron chi connectivity index (χ1n) is 11.4. The van der Waals surface area contributed by atoms with Crippen molar-refractivity contribution in [1.29, 1.82) is 0 Å². The largest absolute Gasteiger partial charge is 0.493 e. The van der Waals surface area contributed by atoms with Gasteiger partial charge < -0.3 is 19.7 Å². The van der Waals surface area contributed by atoms with E-state index in [9.17, 15) is 14.0 Å². The van der Waals surface area contributed by atoms with Crippen molar-refractivity contribution in [2.75, 3.05) is 31.0 Å². The van der Waals surface area contributed by atoms with Crippen LogP contribution in [0.1, 0.15) is 12.0 Å². The van der Waals surface area contributed by atoms with Gasteiger partial charge in [0.15, 0.2) is 16.6 Å². The topological polar surface area (TPSA) is 71.1 Å². The molecule has 0 unspecified atom stereocenters. The number of nitrogens with one attached hydrogen (secondary N) is 1. The predicted molar refractivity (Wildman–Crippen MR) is 140 cm³/mol. The summed E-state index contributed by atoms with van der Waals surface area (Å²) in [6, 6.07) is 19.4. The first kappa shape index (κ1) is 25.1. The van der Waals surface area contributed by atoms with E-state index in [-0.39, 0.29) is 18.2 Å². The molecular formula is C27H26FN3O4S. The Balaban J connectivity index is 1.55. The molecule has 186 valence electrons. The molecule has 0 saturated carbocycles. The highest BCUT2D eigenvalue weighted by molar-refractivity contribution is 7.80. The molecular weight excluding hydrogens is 481 g/mol. The standard InChI is InChI=1S/C27H26FN3O4S/c1-34-23-13-8-18(16-24(23)35-2)14-15-30-22(17-25(32)29-20-11-9-19(28)10-12-20)26(33)31(27(30)36)21-6-4-3-5-7-21/h3-13,16,22H,14-15,17H2,1-2H3,(H,29,32)/t22-/m1/s1. The highest BCUT2D eigenvalue weighted by atomic mass is 32.1. The first-order chi connectivity index (χ1) is 17.4. The van der Waals surface area contributed by atoms with Gasteiger partial charge in [-0.05, 0) is 72.7 Å². The van der Waals surface area contributed by atoms with Gasteiger partial charge in [0.1, 0.15) is 11.9 Å². The number of thiocarbonyl (C=S) groups is 1. The molecule has 0 spiro atoms. The van der Waals surface area contributed by atoms with Crippen molar-refractivity contribution in [3.8, 4) is 11.5 Å². The van der Waals surface area contributed by atoms with E-state index >= 15 is 0 Å². The van der Waals surface area contributed by atoms with Gasteiger partial charge in [0.2, 0.25) is 5.91 Å². The van der Waals surface area contributed by atoms with Gasteiger partial charge in [0.05, 0.1) is 26.3 Å². The number of ether oxygens (including phenoxy) is 2. The molecule has 1 heterocycles. The maximum atomic E-state index is 13.5. The molecule has 0 aliphatic carbocycles. The lowest BCUT2D eigenvalue weighted by Crippen LogP contribution is -2.39. The average Bonchev–Trinajstić information content (AvgIpc) is 3.12. The van der Waals surface area contributed by atoms with Gasteiger partial charge in [-0.25, -0.2) is 4.39 Å². The Morgan fingerprint density at radius 1 is 1.00 bits per heavy atom. The summed E-state index contributed by atoms with van der Waals surface area (Å²) in [5.74, 6) is 0.195. The number of para-hydroxylation sites is 1. The van der Waals surface area contributed by atoms with Crippen LogP contribution in [0.3, 0.4) is 0 Å². The van der Waals surface area contributed by atoms with Gasteiger partial charge in [0.25, 0.3) is 5.91 Å². The van der Waals surface area contributed by atoms with Crippen LogP contribution in [0.4, 0.5) is 15.8 Å². The molecule has 3 aromatic carbocycles. The zero-order valence-corrected chi connectivity index (χ0v) is 20.8. The first-order valence-corrected chi connectivity index (χ1v) is 11.8. The fourth-order valence-electron chi connectivity index (χ4n) is 4.11. The SMILES string of the molecule is COc1ccc(CCN2C(=S)N(c3ccccc3)C(=O)[C@H]2CC(=O)Nc2ccc(F)cc2)cc1OC. The second-order valence-corrected chi connectivity index (χ2v) is 8.56. The van der Waals surface area contributed by atoms with Gasteiger partial charge in [-0.2, -0.15) is 0 Å². The minimum atomic E-state index is -0.779. The Hall–Kier alpha value is -3.98. The van der Waals surface area contributed by atoms with E-state index in [1.165, 1.54) is 29.2 Å². The summed E-state index contributed by atoms with van der Waals surface area (Å²) in [5, 5.41) is 3.07. The van der Waals surface area contributed by atoms with E-state index in [4.69, 9.17) is 21.7 Å². The van der Waals surface area contributed by atoms with Crippen LogP contribution in [0, 0.1) is 5.82 Å². The third-order valence-corrected chi connectivity index (χ3v) is 6.35. The number of methoxy groups -OCH3 is 2. The second-order valence-electron chi connectivity index (χ2n) is 8.20. The summed E-state index contributed by atoms with van der Waals surface area (Å²) < 4.78 is 23.9. The van der Waals surface area contributed by atoms with Crippen LogP contribution in [0.5, 0.6) is 11.5 Å². The number of carbonyl (C=O) groups is 2. The predicted octanol–water partition coefficient (Wildman–Crippen LogP) is 4.42. The van der Waals surface area contributed by atoms with Crippen LogP contribution in [0.25, 0.3) is 0 Å². The second kappa shape index (κ2) is 11.2. The summed E-state index contributed by atoms with van der Waals surface area (Å²) in [4.78, 5) is 29.6. The number of anilines is 2. The minimum absolute atomic E-state index is 0.106. The van der Waals surface area contributed by atoms with Crippen LogP contribution in [-0.4, -0.2) is 48.6 Å². The smallest absolute Gasteiger partial charge is 0.256 e. The molecule has 1 saturated heterocycles. The molecule has 0 bridgehead atoms. The van der Waals surface area contributed by atoms with E-state index < -0.39 is 11.9 Å². The summed E-state index contributed by atoms with van der Waals surface area (Å²) in [7, 11) is 3.15. The maximum Gasteiger partial charge on any atom is 0.256 e. The Kier molecular flexibility index (Phi) is 7.80. The third-order valence-electron chi connectivity index (χ3n) is 5.93. The Labute approximate surface area is 214 Å². The zero-order chi connectivity index (χ0) is 25.7. The molecule has 7 nitrogen and oxygen atoms in total. The number of amides is 2. The molecule has 9 heteroatoms. The maximum absolute atomic E-state index is 13.5. The van der Waals surface area contributed by atoms with E-state index in [2.05, 4.69) is 5.32 Å². The average molecular weight is 508 g/mol. The fourth-order valence-corrected chi connectivity index (χ4v) is 4.52. The van der Waals surface area contributed by atoms with E-state index in [1.54, 1.807) is 31.3 Å². The number of benzene rings is 3. The van der Waals surface area contributed by atoms with Crippen molar-refractivity contribution in [2.24, 2.45) is 0 Å². The van der Waals surface area contributed by atoms with E-state index in [0.717, 1.165) is 5.56 Å². The number of halogens is 1. The Bertz CT molecular complexity index is 1250. The van der Waals surface area contributed by atoms with Gasteiger partial charge in [-0.3, -0.25) is 14.5 Å². The molecule has 1 N–H and O–H groups in total. The molecule has 0 aromatic heterocycles. The number of hydrogen-bond donors (Lipinski definition) is 1. The van der Waals surface area contributed by atoms with Crippen molar-refractivity contribution >= 4 is 40.5 Å². The van der Waals surface area contributed by atoms with E-state index in [1.807, 2.05) is 36.4 Å². The summed E-state index contributed by atoms with van der Waals surface area (Å²) in [6.07, 6.45) is 0.456. The molecule has 36 heavy (non-hydrogen) atoms. The normalized spacial score (nSPS) is 15.2. The molecule has 1 aliphatic rings. The number of rotatable bonds is 9. The Morgan fingerprint density at radius 2 is 1.69 bits per heavy atom. The zero-order valence-electron chi connectivity index (χ0n) is 19.9. The third kappa shape index (κ3) is 5.46. The summed E-state index contributed by atoms with van der Waals surface area (Å²) in [5.41, 5.74) is 2.06. The van der Waals surface area contributed by atoms with Gasteiger partial charge >= 0.3 is 0 Å². The number of nitrogens with zero attached hydrogens (tertiary/aromatic N) is 2. The van der Waals surface area contributed by atoms with Gasteiger partial charge in [-0.15, -0.1) is 0 Å². The van der Waals surface area contributed by atoms with Crippen molar-refractivity contribution in [3.05, 3.63) is 84.2 Å². The van der Waals surface area contributed by atoms with Gasteiger partial charge in [-0.1, -0.05) is 24.3 Å². The van der Waals surface area contributed by atoms with Gasteiger partial charge in [0, 0.05) is 12.2 Å². The molecule has 3 aromatic rings. The van der Waals surface area contributed by atoms with E-state index in [0.29, 0.717) is 41.0 Å². The Morgan fingerprint density at radius 3 is 2.36 bits per heavy atom. The summed E-state index contributed by atoms with van der Waals surface area (Å²) >= 11 is 5.71. The monoisotopic (exact) mass is 507 g/mol. The van der Waals surface area contributed by atoms with Crippen LogP contribution >= 0.6 is 12.2 Å². The molecule has 0 radical (unpaired) electrons. The molecule has 4 rings (SSSR count).